The third-order valence-corrected chi connectivity index (χ3v) is 3.41. The molecule has 3 nitrogen and oxygen atoms in total. The molecule has 2 rings (SSSR count). The first kappa shape index (κ1) is 13.4. The van der Waals surface area contributed by atoms with Crippen LogP contribution in [0.2, 0.25) is 0 Å². The monoisotopic (exact) mass is 254 g/mol. The average molecular weight is 254 g/mol. The van der Waals surface area contributed by atoms with Crippen LogP contribution < -0.4 is 5.32 Å². The summed E-state index contributed by atoms with van der Waals surface area (Å²) in [5.41, 5.74) is 1.57. The van der Waals surface area contributed by atoms with Crippen LogP contribution >= 0.6 is 0 Å². The topological polar surface area (TPSA) is 52.9 Å². The van der Waals surface area contributed by atoms with E-state index in [9.17, 15) is 4.79 Å². The minimum atomic E-state index is 0.0549. The standard InChI is InChI=1S/C16H18N2O/c17-11-14-8-6-13(7-9-14)10-16(19)18-12-15-4-2-1-3-5-15/h1-2,6-9,15H,3-5,10,12H2,(H,18,19). The van der Waals surface area contributed by atoms with Gasteiger partial charge in [0, 0.05) is 6.54 Å². The molecule has 0 spiro atoms. The van der Waals surface area contributed by atoms with Crippen molar-refractivity contribution in [2.45, 2.75) is 25.7 Å². The van der Waals surface area contributed by atoms with E-state index in [4.69, 9.17) is 5.26 Å². The van der Waals surface area contributed by atoms with Gasteiger partial charge in [-0.25, -0.2) is 0 Å². The van der Waals surface area contributed by atoms with Gasteiger partial charge >= 0.3 is 0 Å². The fourth-order valence-corrected chi connectivity index (χ4v) is 2.24. The highest BCUT2D eigenvalue weighted by Gasteiger charge is 2.11. The Bertz CT molecular complexity index is 496. The maximum atomic E-state index is 11.8. The van der Waals surface area contributed by atoms with Gasteiger partial charge in [0.05, 0.1) is 18.1 Å². The second kappa shape index (κ2) is 6.75. The van der Waals surface area contributed by atoms with E-state index < -0.39 is 0 Å². The number of allylic oxidation sites excluding steroid dienone is 2. The Kier molecular flexibility index (Phi) is 4.74. The molecule has 1 aliphatic carbocycles. The molecule has 3 heteroatoms. The molecule has 0 saturated carbocycles. The number of carbonyl (C=O) groups is 1. The molecule has 0 saturated heterocycles. The van der Waals surface area contributed by atoms with E-state index in [0.717, 1.165) is 31.4 Å². The first-order chi connectivity index (χ1) is 9.28. The van der Waals surface area contributed by atoms with Crippen molar-refractivity contribution in [2.24, 2.45) is 5.92 Å². The molecule has 1 aromatic carbocycles. The van der Waals surface area contributed by atoms with E-state index in [2.05, 4.69) is 23.5 Å². The molecule has 98 valence electrons. The van der Waals surface area contributed by atoms with Gasteiger partial charge in [-0.1, -0.05) is 24.3 Å². The van der Waals surface area contributed by atoms with Crippen LogP contribution in [0.5, 0.6) is 0 Å². The molecular weight excluding hydrogens is 236 g/mol. The quantitative estimate of drug-likeness (QED) is 0.840. The van der Waals surface area contributed by atoms with Crippen LogP contribution in [-0.4, -0.2) is 12.5 Å². The zero-order valence-electron chi connectivity index (χ0n) is 10.9. The lowest BCUT2D eigenvalue weighted by Gasteiger charge is -2.18. The normalized spacial score (nSPS) is 17.7. The number of nitriles is 1. The number of carbonyl (C=O) groups excluding carboxylic acids is 1. The summed E-state index contributed by atoms with van der Waals surface area (Å²) in [4.78, 5) is 11.8. The summed E-state index contributed by atoms with van der Waals surface area (Å²) in [6.45, 7) is 0.763. The van der Waals surface area contributed by atoms with Gasteiger partial charge in [-0.05, 0) is 42.9 Å². The fourth-order valence-electron chi connectivity index (χ4n) is 2.24. The maximum absolute atomic E-state index is 11.8. The van der Waals surface area contributed by atoms with Crippen molar-refractivity contribution in [3.8, 4) is 6.07 Å². The highest BCUT2D eigenvalue weighted by atomic mass is 16.1. The summed E-state index contributed by atoms with van der Waals surface area (Å²) in [5.74, 6) is 0.633. The molecule has 1 aromatic rings. The van der Waals surface area contributed by atoms with Crippen LogP contribution in [0.3, 0.4) is 0 Å². The van der Waals surface area contributed by atoms with Crippen LogP contribution in [0.15, 0.2) is 36.4 Å². The van der Waals surface area contributed by atoms with Crippen molar-refractivity contribution in [1.82, 2.24) is 5.32 Å². The lowest BCUT2D eigenvalue weighted by Crippen LogP contribution is -2.30. The van der Waals surface area contributed by atoms with Crippen LogP contribution in [0.25, 0.3) is 0 Å². The Balaban J connectivity index is 1.77. The minimum Gasteiger partial charge on any atom is -0.356 e. The smallest absolute Gasteiger partial charge is 0.224 e. The highest BCUT2D eigenvalue weighted by molar-refractivity contribution is 5.78. The molecule has 1 atom stereocenters. The zero-order chi connectivity index (χ0) is 13.5. The van der Waals surface area contributed by atoms with Crippen molar-refractivity contribution < 1.29 is 4.79 Å². The van der Waals surface area contributed by atoms with Gasteiger partial charge in [0.25, 0.3) is 0 Å². The second-order valence-electron chi connectivity index (χ2n) is 4.94. The molecular formula is C16H18N2O. The van der Waals surface area contributed by atoms with Crippen molar-refractivity contribution in [2.75, 3.05) is 6.54 Å². The number of hydrogen-bond donors (Lipinski definition) is 1. The maximum Gasteiger partial charge on any atom is 0.224 e. The number of nitrogens with one attached hydrogen (secondary N) is 1. The fraction of sp³-hybridized carbons (Fsp3) is 0.375. The van der Waals surface area contributed by atoms with Crippen LogP contribution in [0.1, 0.15) is 30.4 Å². The number of benzene rings is 1. The summed E-state index contributed by atoms with van der Waals surface area (Å²) < 4.78 is 0. The number of amides is 1. The Morgan fingerprint density at radius 1 is 1.32 bits per heavy atom. The van der Waals surface area contributed by atoms with Crippen molar-refractivity contribution in [3.63, 3.8) is 0 Å². The van der Waals surface area contributed by atoms with Gasteiger partial charge < -0.3 is 5.32 Å². The third kappa shape index (κ3) is 4.26. The predicted molar refractivity (Wildman–Crippen MR) is 74.4 cm³/mol. The van der Waals surface area contributed by atoms with E-state index in [0.29, 0.717) is 17.9 Å². The number of rotatable bonds is 4. The van der Waals surface area contributed by atoms with Gasteiger partial charge in [-0.15, -0.1) is 0 Å². The van der Waals surface area contributed by atoms with Gasteiger partial charge in [0.15, 0.2) is 0 Å². The Morgan fingerprint density at radius 2 is 2.11 bits per heavy atom. The minimum absolute atomic E-state index is 0.0549. The molecule has 1 unspecified atom stereocenters. The van der Waals surface area contributed by atoms with Crippen molar-refractivity contribution in [1.29, 1.82) is 5.26 Å². The molecule has 0 bridgehead atoms. The van der Waals surface area contributed by atoms with E-state index in [1.165, 1.54) is 0 Å². The van der Waals surface area contributed by atoms with Gasteiger partial charge in [-0.3, -0.25) is 4.79 Å². The van der Waals surface area contributed by atoms with Crippen LogP contribution in [0, 0.1) is 17.2 Å². The Labute approximate surface area is 113 Å². The summed E-state index contributed by atoms with van der Waals surface area (Å²) in [7, 11) is 0. The van der Waals surface area contributed by atoms with Crippen molar-refractivity contribution in [3.05, 3.63) is 47.5 Å². The Hall–Kier alpha value is -2.08. The first-order valence-electron chi connectivity index (χ1n) is 6.68. The first-order valence-corrected chi connectivity index (χ1v) is 6.68. The van der Waals surface area contributed by atoms with Gasteiger partial charge in [-0.2, -0.15) is 5.26 Å². The summed E-state index contributed by atoms with van der Waals surface area (Å²) >= 11 is 0. The molecule has 19 heavy (non-hydrogen) atoms. The van der Waals surface area contributed by atoms with Crippen molar-refractivity contribution >= 4 is 5.91 Å². The van der Waals surface area contributed by atoms with Crippen LogP contribution in [0.4, 0.5) is 0 Å². The Morgan fingerprint density at radius 3 is 2.74 bits per heavy atom. The molecule has 0 heterocycles. The molecule has 0 fully saturated rings. The molecule has 1 N–H and O–H groups in total. The van der Waals surface area contributed by atoms with E-state index >= 15 is 0 Å². The largest absolute Gasteiger partial charge is 0.356 e. The van der Waals surface area contributed by atoms with Gasteiger partial charge in [0.2, 0.25) is 5.91 Å². The number of hydrogen-bond acceptors (Lipinski definition) is 2. The molecule has 1 aliphatic rings. The summed E-state index contributed by atoms with van der Waals surface area (Å²) in [6, 6.07) is 9.23. The lowest BCUT2D eigenvalue weighted by atomic mass is 9.94. The molecule has 0 aromatic heterocycles. The predicted octanol–water partition coefficient (Wildman–Crippen LogP) is 2.57. The van der Waals surface area contributed by atoms with E-state index in [1.807, 2.05) is 12.1 Å². The third-order valence-electron chi connectivity index (χ3n) is 3.41. The SMILES string of the molecule is N#Cc1ccc(CC(=O)NCC2CC=CCC2)cc1. The average Bonchev–Trinajstić information content (AvgIpc) is 2.47. The zero-order valence-corrected chi connectivity index (χ0v) is 10.9. The molecule has 0 radical (unpaired) electrons. The summed E-state index contributed by atoms with van der Waals surface area (Å²) in [5, 5.41) is 11.7. The van der Waals surface area contributed by atoms with E-state index in [1.54, 1.807) is 12.1 Å². The number of nitrogens with zero attached hydrogens (tertiary/aromatic N) is 1. The second-order valence-corrected chi connectivity index (χ2v) is 4.94. The molecule has 0 aliphatic heterocycles. The van der Waals surface area contributed by atoms with Gasteiger partial charge in [0.1, 0.15) is 0 Å². The highest BCUT2D eigenvalue weighted by Crippen LogP contribution is 2.16. The van der Waals surface area contributed by atoms with Crippen LogP contribution in [-0.2, 0) is 11.2 Å². The summed E-state index contributed by atoms with van der Waals surface area (Å²) in [6.07, 6.45) is 8.13. The lowest BCUT2D eigenvalue weighted by molar-refractivity contribution is -0.120. The van der Waals surface area contributed by atoms with E-state index in [-0.39, 0.29) is 5.91 Å². The molecule has 1 amide bonds.